The van der Waals surface area contributed by atoms with Crippen molar-refractivity contribution < 1.29 is 14.6 Å². The van der Waals surface area contributed by atoms with Gasteiger partial charge in [0.1, 0.15) is 11.1 Å². The Hall–Kier alpha value is -3.78. The van der Waals surface area contributed by atoms with Crippen molar-refractivity contribution in [1.82, 2.24) is 24.9 Å². The number of aliphatic carboxylic acids is 1. The Kier molecular flexibility index (Phi) is 6.45. The first-order chi connectivity index (χ1) is 17.6. The number of carboxylic acids is 1. The molecule has 1 aliphatic rings. The highest BCUT2D eigenvalue weighted by Crippen LogP contribution is 2.35. The number of nitrogens with zero attached hydrogens (tertiary/aromatic N) is 5. The molecule has 37 heavy (non-hydrogen) atoms. The highest BCUT2D eigenvalue weighted by molar-refractivity contribution is 5.80. The molecule has 1 N–H and O–H groups in total. The zero-order valence-electron chi connectivity index (χ0n) is 22.0. The molecule has 1 atom stereocenters. The number of carbonyl (C=O) groups is 1. The van der Waals surface area contributed by atoms with Crippen molar-refractivity contribution in [3.8, 4) is 5.88 Å². The van der Waals surface area contributed by atoms with Crippen LogP contribution in [-0.2, 0) is 24.9 Å². The number of fused-ring (bicyclic) bond motifs is 2. The number of pyridine rings is 1. The molecule has 0 spiro atoms. The van der Waals surface area contributed by atoms with Gasteiger partial charge in [-0.1, -0.05) is 35.5 Å². The van der Waals surface area contributed by atoms with Gasteiger partial charge < -0.3 is 9.84 Å². The van der Waals surface area contributed by atoms with Gasteiger partial charge in [-0.25, -0.2) is 9.67 Å². The maximum atomic E-state index is 12.0. The van der Waals surface area contributed by atoms with E-state index in [9.17, 15) is 9.90 Å². The molecule has 2 aromatic carbocycles. The predicted molar refractivity (Wildman–Crippen MR) is 142 cm³/mol. The Labute approximate surface area is 216 Å². The lowest BCUT2D eigenvalue weighted by Gasteiger charge is -2.30. The van der Waals surface area contributed by atoms with Gasteiger partial charge in [-0.05, 0) is 67.6 Å². The summed E-state index contributed by atoms with van der Waals surface area (Å²) >= 11 is 0. The first-order valence-electron chi connectivity index (χ1n) is 12.6. The molecule has 0 aliphatic carbocycles. The summed E-state index contributed by atoms with van der Waals surface area (Å²) in [5, 5.41) is 18.3. The van der Waals surface area contributed by atoms with Gasteiger partial charge in [0.2, 0.25) is 5.88 Å². The first kappa shape index (κ1) is 24.9. The highest BCUT2D eigenvalue weighted by atomic mass is 16.5. The molecule has 0 fully saturated rings. The van der Waals surface area contributed by atoms with Crippen molar-refractivity contribution in [1.29, 1.82) is 0 Å². The van der Waals surface area contributed by atoms with Gasteiger partial charge in [0, 0.05) is 44.4 Å². The van der Waals surface area contributed by atoms with Crippen LogP contribution < -0.4 is 4.74 Å². The lowest BCUT2D eigenvalue weighted by molar-refractivity contribution is -0.137. The minimum atomic E-state index is -0.832. The minimum Gasteiger partial charge on any atom is -0.481 e. The third-order valence-electron chi connectivity index (χ3n) is 7.22. The molecule has 0 bridgehead atoms. The lowest BCUT2D eigenvalue weighted by Crippen LogP contribution is -2.40. The van der Waals surface area contributed by atoms with Crippen molar-refractivity contribution in [2.24, 2.45) is 7.05 Å². The van der Waals surface area contributed by atoms with Crippen molar-refractivity contribution in [2.75, 3.05) is 6.54 Å². The van der Waals surface area contributed by atoms with E-state index in [4.69, 9.17) is 4.74 Å². The van der Waals surface area contributed by atoms with E-state index >= 15 is 0 Å². The van der Waals surface area contributed by atoms with E-state index in [1.54, 1.807) is 10.9 Å². The van der Waals surface area contributed by atoms with E-state index in [1.165, 1.54) is 11.1 Å². The number of ether oxygens (including phenoxy) is 1. The lowest BCUT2D eigenvalue weighted by atomic mass is 9.84. The predicted octanol–water partition coefficient (Wildman–Crippen LogP) is 4.76. The fourth-order valence-electron chi connectivity index (χ4n) is 5.41. The third-order valence-corrected chi connectivity index (χ3v) is 7.22. The van der Waals surface area contributed by atoms with Crippen molar-refractivity contribution in [3.63, 3.8) is 0 Å². The topological polar surface area (TPSA) is 93.4 Å². The second kappa shape index (κ2) is 9.59. The first-order valence-corrected chi connectivity index (χ1v) is 12.6. The van der Waals surface area contributed by atoms with Gasteiger partial charge in [0.15, 0.2) is 0 Å². The molecule has 1 unspecified atom stereocenters. The molecule has 2 aromatic heterocycles. The fraction of sp³-hybridized carbons (Fsp3) is 0.379. The molecule has 5 rings (SSSR count). The molecule has 0 saturated carbocycles. The second-order valence-corrected chi connectivity index (χ2v) is 10.7. The molecule has 8 heteroatoms. The Morgan fingerprint density at radius 1 is 1.19 bits per heavy atom. The summed E-state index contributed by atoms with van der Waals surface area (Å²) < 4.78 is 7.96. The summed E-state index contributed by atoms with van der Waals surface area (Å²) in [6, 6.07) is 14.3. The molecule has 8 nitrogen and oxygen atoms in total. The van der Waals surface area contributed by atoms with Crippen LogP contribution in [0.3, 0.4) is 0 Å². The number of aryl methyl sites for hydroxylation is 3. The smallest absolute Gasteiger partial charge is 0.304 e. The maximum Gasteiger partial charge on any atom is 0.304 e. The number of aromatic nitrogens is 4. The average molecular weight is 500 g/mol. The Bertz CT molecular complexity index is 1480. The van der Waals surface area contributed by atoms with Crippen LogP contribution in [0, 0.1) is 13.8 Å². The monoisotopic (exact) mass is 499 g/mol. The van der Waals surface area contributed by atoms with Gasteiger partial charge in [-0.15, -0.1) is 5.10 Å². The van der Waals surface area contributed by atoms with E-state index in [-0.39, 0.29) is 17.9 Å². The summed E-state index contributed by atoms with van der Waals surface area (Å²) in [4.78, 5) is 18.8. The van der Waals surface area contributed by atoms with Crippen molar-refractivity contribution in [2.45, 2.75) is 58.7 Å². The van der Waals surface area contributed by atoms with Crippen LogP contribution in [0.5, 0.6) is 5.88 Å². The minimum absolute atomic E-state index is 0.00125. The van der Waals surface area contributed by atoms with Crippen molar-refractivity contribution in [3.05, 3.63) is 82.0 Å². The van der Waals surface area contributed by atoms with Gasteiger partial charge in [0.05, 0.1) is 11.9 Å². The van der Waals surface area contributed by atoms with E-state index < -0.39 is 5.97 Å². The summed E-state index contributed by atoms with van der Waals surface area (Å²) in [6.07, 6.45) is 1.76. The summed E-state index contributed by atoms with van der Waals surface area (Å²) in [6.45, 7) is 10.5. The molecule has 192 valence electrons. The fourth-order valence-corrected chi connectivity index (χ4v) is 5.41. The van der Waals surface area contributed by atoms with Crippen LogP contribution in [0.2, 0.25) is 0 Å². The maximum absolute atomic E-state index is 12.0. The van der Waals surface area contributed by atoms with E-state index in [2.05, 4.69) is 65.2 Å². The highest BCUT2D eigenvalue weighted by Gasteiger charge is 2.30. The quantitative estimate of drug-likeness (QED) is 0.409. The number of hydrogen-bond acceptors (Lipinski definition) is 6. The van der Waals surface area contributed by atoms with Gasteiger partial charge in [-0.3, -0.25) is 9.69 Å². The Balaban J connectivity index is 1.51. The zero-order chi connectivity index (χ0) is 26.3. The van der Waals surface area contributed by atoms with E-state index in [1.807, 2.05) is 32.2 Å². The van der Waals surface area contributed by atoms with E-state index in [0.717, 1.165) is 52.9 Å². The summed E-state index contributed by atoms with van der Waals surface area (Å²) in [5.74, 6) is -0.435. The normalized spacial score (nSPS) is 16.1. The zero-order valence-corrected chi connectivity index (χ0v) is 22.0. The average Bonchev–Trinajstić information content (AvgIpc) is 3.15. The SMILES string of the molecule is Cc1ccc(C(CC(=O)O)c2ccc3c(nnn3C)c2C)cc1CN1Cc2cccnc2OC(C)(C)C1. The van der Waals surface area contributed by atoms with Crippen LogP contribution in [0.25, 0.3) is 11.0 Å². The van der Waals surface area contributed by atoms with E-state index in [0.29, 0.717) is 5.88 Å². The number of rotatable bonds is 6. The van der Waals surface area contributed by atoms with Crippen LogP contribution >= 0.6 is 0 Å². The molecule has 1 aliphatic heterocycles. The molecular weight excluding hydrogens is 466 g/mol. The van der Waals surface area contributed by atoms with Crippen LogP contribution in [-0.4, -0.2) is 48.1 Å². The Morgan fingerprint density at radius 3 is 2.78 bits per heavy atom. The second-order valence-electron chi connectivity index (χ2n) is 10.7. The summed E-state index contributed by atoms with van der Waals surface area (Å²) in [7, 11) is 1.86. The molecular formula is C29H33N5O3. The number of carboxylic acid groups (broad SMARTS) is 1. The van der Waals surface area contributed by atoms with Crippen molar-refractivity contribution >= 4 is 17.0 Å². The molecule has 4 aromatic rings. The number of benzene rings is 2. The molecule has 0 saturated heterocycles. The largest absolute Gasteiger partial charge is 0.481 e. The standard InChI is InChI=1S/C29H33N5O3/c1-18-8-9-20(24(14-26(35)36)23-10-11-25-27(19(23)2)31-32-33(25)5)13-22(18)16-34-15-21-7-6-12-30-28(21)37-29(3,4)17-34/h6-13,24H,14-17H2,1-5H3,(H,35,36). The molecule has 0 radical (unpaired) electrons. The van der Waals surface area contributed by atoms with Gasteiger partial charge in [0.25, 0.3) is 0 Å². The molecule has 0 amide bonds. The Morgan fingerprint density at radius 2 is 2.00 bits per heavy atom. The summed E-state index contributed by atoms with van der Waals surface area (Å²) in [5.41, 5.74) is 7.69. The van der Waals surface area contributed by atoms with Crippen LogP contribution in [0.4, 0.5) is 0 Å². The molecule has 3 heterocycles. The van der Waals surface area contributed by atoms with Gasteiger partial charge in [-0.2, -0.15) is 0 Å². The third kappa shape index (κ3) is 5.06. The number of hydrogen-bond donors (Lipinski definition) is 1. The van der Waals surface area contributed by atoms with Gasteiger partial charge >= 0.3 is 5.97 Å². The van der Waals surface area contributed by atoms with Crippen LogP contribution in [0.1, 0.15) is 59.6 Å². The van der Waals surface area contributed by atoms with Crippen LogP contribution in [0.15, 0.2) is 48.7 Å².